The monoisotopic (exact) mass is 201 g/mol. The van der Waals surface area contributed by atoms with E-state index in [1.165, 1.54) is 25.7 Å². The van der Waals surface area contributed by atoms with E-state index in [4.69, 9.17) is 0 Å². The molecule has 1 unspecified atom stereocenters. The van der Waals surface area contributed by atoms with Gasteiger partial charge >= 0.3 is 7.25 Å². The van der Waals surface area contributed by atoms with Crippen molar-refractivity contribution >= 4 is 7.25 Å². The molecular weight excluding hydrogens is 183 g/mol. The molecule has 0 fully saturated rings. The number of hydrogen-bond acceptors (Lipinski definition) is 0. The van der Waals surface area contributed by atoms with Crippen molar-refractivity contribution in [3.63, 3.8) is 0 Å². The summed E-state index contributed by atoms with van der Waals surface area (Å²) in [5.74, 6) is 0.954. The first kappa shape index (κ1) is 15.3. The van der Waals surface area contributed by atoms with Crippen LogP contribution >= 0.6 is 0 Å². The van der Waals surface area contributed by atoms with Crippen molar-refractivity contribution in [1.82, 2.24) is 0 Å². The molecule has 0 radical (unpaired) electrons. The van der Waals surface area contributed by atoms with Gasteiger partial charge in [0, 0.05) is 0 Å². The first-order chi connectivity index (χ1) is 5.81. The van der Waals surface area contributed by atoms with Crippen LogP contribution in [0.5, 0.6) is 0 Å². The van der Waals surface area contributed by atoms with E-state index in [1.807, 2.05) is 0 Å². The van der Waals surface area contributed by atoms with Gasteiger partial charge in [-0.2, -0.15) is 0 Å². The molecule has 0 bridgehead atoms. The molecule has 0 spiro atoms. The van der Waals surface area contributed by atoms with E-state index < -0.39 is 7.25 Å². The molecule has 0 heterocycles. The molecule has 0 aromatic rings. The van der Waals surface area contributed by atoms with E-state index in [0.717, 1.165) is 5.92 Å². The van der Waals surface area contributed by atoms with Crippen molar-refractivity contribution < 1.29 is 17.3 Å². The Bertz CT molecular complexity index is 96.8. The second-order valence-corrected chi connectivity index (χ2v) is 3.15. The first-order valence-corrected chi connectivity index (χ1v) is 4.68. The lowest BCUT2D eigenvalue weighted by atomic mass is 10.0. The maximum atomic E-state index is 9.75. The lowest BCUT2D eigenvalue weighted by molar-refractivity contribution is 0.368. The number of rotatable bonds is 4. The zero-order valence-corrected chi connectivity index (χ0v) is 8.49. The van der Waals surface area contributed by atoms with Gasteiger partial charge in [-0.3, -0.25) is 0 Å². The summed E-state index contributed by atoms with van der Waals surface area (Å²) in [4.78, 5) is 0. The fourth-order valence-electron chi connectivity index (χ4n) is 0.757. The standard InChI is InChI=1S/C8H18.BF4/c1-4-6-7-8(3)5-2;2-1(3,4)5/h8H,4-7H2,1-3H3;/q;-1. The summed E-state index contributed by atoms with van der Waals surface area (Å²) in [5, 5.41) is 0. The highest BCUT2D eigenvalue weighted by Crippen LogP contribution is 2.09. The van der Waals surface area contributed by atoms with Gasteiger partial charge in [-0.15, -0.1) is 0 Å². The van der Waals surface area contributed by atoms with Crippen LogP contribution in [0.1, 0.15) is 46.5 Å². The van der Waals surface area contributed by atoms with Crippen LogP contribution in [0.3, 0.4) is 0 Å². The molecule has 0 rings (SSSR count). The maximum absolute atomic E-state index is 9.75. The van der Waals surface area contributed by atoms with Crippen LogP contribution in [-0.2, 0) is 0 Å². The molecule has 13 heavy (non-hydrogen) atoms. The van der Waals surface area contributed by atoms with Crippen LogP contribution in [0.2, 0.25) is 0 Å². The fourth-order valence-corrected chi connectivity index (χ4v) is 0.757. The van der Waals surface area contributed by atoms with Gasteiger partial charge in [-0.25, -0.2) is 0 Å². The minimum Gasteiger partial charge on any atom is -0.418 e. The fraction of sp³-hybridized carbons (Fsp3) is 1.00. The van der Waals surface area contributed by atoms with Crippen molar-refractivity contribution in [2.75, 3.05) is 0 Å². The largest absolute Gasteiger partial charge is 0.673 e. The Kier molecular flexibility index (Phi) is 9.85. The molecule has 0 aromatic carbocycles. The van der Waals surface area contributed by atoms with Gasteiger partial charge in [0.25, 0.3) is 0 Å². The predicted molar refractivity (Wildman–Crippen MR) is 49.2 cm³/mol. The normalized spacial score (nSPS) is 13.2. The molecule has 0 saturated carbocycles. The van der Waals surface area contributed by atoms with Gasteiger partial charge in [0.2, 0.25) is 0 Å². The second kappa shape index (κ2) is 8.39. The summed E-state index contributed by atoms with van der Waals surface area (Å²) < 4.78 is 39.0. The average molecular weight is 201 g/mol. The molecule has 0 aliphatic rings. The zero-order valence-electron chi connectivity index (χ0n) is 8.49. The summed E-state index contributed by atoms with van der Waals surface area (Å²) in [6.45, 7) is 6.85. The van der Waals surface area contributed by atoms with Crippen LogP contribution in [0, 0.1) is 5.92 Å². The molecule has 0 nitrogen and oxygen atoms in total. The van der Waals surface area contributed by atoms with Gasteiger partial charge in [0.15, 0.2) is 0 Å². The molecule has 0 N–H and O–H groups in total. The Balaban J connectivity index is 0. The van der Waals surface area contributed by atoms with Gasteiger partial charge in [-0.05, 0) is 5.92 Å². The molecule has 1 atom stereocenters. The van der Waals surface area contributed by atoms with Crippen LogP contribution in [-0.4, -0.2) is 7.25 Å². The van der Waals surface area contributed by atoms with Crippen LogP contribution in [0.25, 0.3) is 0 Å². The molecule has 0 amide bonds. The second-order valence-electron chi connectivity index (χ2n) is 3.15. The van der Waals surface area contributed by atoms with Gasteiger partial charge < -0.3 is 17.3 Å². The van der Waals surface area contributed by atoms with Crippen molar-refractivity contribution in [3.05, 3.63) is 0 Å². The van der Waals surface area contributed by atoms with Crippen LogP contribution in [0.4, 0.5) is 17.3 Å². The SMILES string of the molecule is CCCCC(C)CC.F[B-](F)(F)F. The summed E-state index contributed by atoms with van der Waals surface area (Å²) in [7, 11) is -6.00. The third-order valence-electron chi connectivity index (χ3n) is 1.75. The topological polar surface area (TPSA) is 0 Å². The quantitative estimate of drug-likeness (QED) is 0.463. The van der Waals surface area contributed by atoms with Crippen molar-refractivity contribution in [2.24, 2.45) is 5.92 Å². The predicted octanol–water partition coefficient (Wildman–Crippen LogP) is 4.52. The lowest BCUT2D eigenvalue weighted by Crippen LogP contribution is -2.02. The van der Waals surface area contributed by atoms with Gasteiger partial charge in [0.05, 0.1) is 0 Å². The Morgan fingerprint density at radius 1 is 1.08 bits per heavy atom. The summed E-state index contributed by atoms with van der Waals surface area (Å²) in [6.07, 6.45) is 5.53. The molecule has 5 heteroatoms. The van der Waals surface area contributed by atoms with E-state index in [2.05, 4.69) is 20.8 Å². The highest BCUT2D eigenvalue weighted by Gasteiger charge is 2.20. The molecule has 0 aliphatic carbocycles. The Labute approximate surface area is 77.8 Å². The Morgan fingerprint density at radius 3 is 1.69 bits per heavy atom. The van der Waals surface area contributed by atoms with Crippen LogP contribution < -0.4 is 0 Å². The van der Waals surface area contributed by atoms with E-state index in [9.17, 15) is 17.3 Å². The number of halogens is 4. The smallest absolute Gasteiger partial charge is 0.418 e. The van der Waals surface area contributed by atoms with E-state index in [0.29, 0.717) is 0 Å². The molecule has 0 aromatic heterocycles. The summed E-state index contributed by atoms with van der Waals surface area (Å²) >= 11 is 0. The van der Waals surface area contributed by atoms with Crippen LogP contribution in [0.15, 0.2) is 0 Å². The van der Waals surface area contributed by atoms with E-state index in [1.54, 1.807) is 0 Å². The van der Waals surface area contributed by atoms with E-state index >= 15 is 0 Å². The minimum absolute atomic E-state index is 0.954. The Hall–Kier alpha value is -0.215. The highest BCUT2D eigenvalue weighted by molar-refractivity contribution is 6.50. The third-order valence-corrected chi connectivity index (χ3v) is 1.75. The molecule has 82 valence electrons. The Morgan fingerprint density at radius 2 is 1.46 bits per heavy atom. The maximum Gasteiger partial charge on any atom is 0.673 e. The molecular formula is C8H18BF4-. The summed E-state index contributed by atoms with van der Waals surface area (Å²) in [6, 6.07) is 0. The van der Waals surface area contributed by atoms with Gasteiger partial charge in [0.1, 0.15) is 0 Å². The number of hydrogen-bond donors (Lipinski definition) is 0. The third kappa shape index (κ3) is 33.7. The molecule has 0 aliphatic heterocycles. The molecule has 0 saturated heterocycles. The zero-order chi connectivity index (χ0) is 10.9. The van der Waals surface area contributed by atoms with Crippen molar-refractivity contribution in [1.29, 1.82) is 0 Å². The average Bonchev–Trinajstić information content (AvgIpc) is 1.97. The van der Waals surface area contributed by atoms with E-state index in [-0.39, 0.29) is 0 Å². The van der Waals surface area contributed by atoms with Gasteiger partial charge in [-0.1, -0.05) is 46.5 Å². The lowest BCUT2D eigenvalue weighted by Gasteiger charge is -2.04. The highest BCUT2D eigenvalue weighted by atomic mass is 19.5. The minimum atomic E-state index is -6.00. The number of unbranched alkanes of at least 4 members (excludes halogenated alkanes) is 1. The first-order valence-electron chi connectivity index (χ1n) is 4.68. The van der Waals surface area contributed by atoms with Crippen molar-refractivity contribution in [3.8, 4) is 0 Å². The summed E-state index contributed by atoms with van der Waals surface area (Å²) in [5.41, 5.74) is 0. The van der Waals surface area contributed by atoms with Crippen molar-refractivity contribution in [2.45, 2.75) is 46.5 Å².